The van der Waals surface area contributed by atoms with Crippen molar-refractivity contribution in [3.63, 3.8) is 0 Å². The molecule has 0 bridgehead atoms. The number of hydrogen-bond acceptors (Lipinski definition) is 3. The quantitative estimate of drug-likeness (QED) is 0.171. The van der Waals surface area contributed by atoms with E-state index in [0.717, 1.165) is 0 Å². The molecule has 0 heterocycles. The molecule has 0 aromatic carbocycles. The van der Waals surface area contributed by atoms with Crippen molar-refractivity contribution >= 4 is 23.4 Å². The fraction of sp³-hybridized carbons (Fsp3) is 0. The van der Waals surface area contributed by atoms with Crippen molar-refractivity contribution < 1.29 is 42.5 Å². The maximum atomic E-state index is 8.56. The predicted molar refractivity (Wildman–Crippen MR) is 18.6 cm³/mol. The van der Waals surface area contributed by atoms with Gasteiger partial charge in [-0.25, -0.2) is 0 Å². The van der Waals surface area contributed by atoms with Crippen LogP contribution in [0.2, 0.25) is 0 Å². The third kappa shape index (κ3) is 63.7. The summed E-state index contributed by atoms with van der Waals surface area (Å²) in [4.78, 5) is 0. The zero-order valence-electron chi connectivity index (χ0n) is 3.08. The largest absolute Gasteiger partial charge is 1.00 e. The first-order valence-corrected chi connectivity index (χ1v) is 1.55. The predicted octanol–water partition coefficient (Wildman–Crippen LogP) is -2.81. The Labute approximate surface area is 65.6 Å². The molecule has 0 amide bonds. The van der Waals surface area contributed by atoms with E-state index in [4.69, 9.17) is 13.0 Å². The van der Waals surface area contributed by atoms with Crippen LogP contribution in [-0.4, -0.2) is 4.55 Å². The number of rotatable bonds is 0. The molecule has 0 unspecified atom stereocenters. The van der Waals surface area contributed by atoms with E-state index in [-0.39, 0.29) is 42.0 Å². The maximum absolute atomic E-state index is 8.56. The van der Waals surface area contributed by atoms with E-state index >= 15 is 0 Å². The van der Waals surface area contributed by atoms with Gasteiger partial charge in [0.2, 0.25) is 0 Å². The van der Waals surface area contributed by atoms with E-state index in [0.29, 0.717) is 0 Å². The van der Waals surface area contributed by atoms with E-state index in [1.165, 1.54) is 0 Å². The van der Waals surface area contributed by atoms with Gasteiger partial charge in [0.15, 0.2) is 0 Å². The molecule has 0 atom stereocenters. The van der Waals surface area contributed by atoms with E-state index in [1.54, 1.807) is 0 Å². The van der Waals surface area contributed by atoms with Crippen molar-refractivity contribution in [2.24, 2.45) is 0 Å². The molecule has 6 heavy (non-hydrogen) atoms. The van der Waals surface area contributed by atoms with Crippen LogP contribution in [0.15, 0.2) is 0 Å². The van der Waals surface area contributed by atoms with Gasteiger partial charge >= 0.3 is 29.6 Å². The van der Waals surface area contributed by atoms with Gasteiger partial charge in [0.1, 0.15) is 0 Å². The molecular formula is H2ClNaO3S. The summed E-state index contributed by atoms with van der Waals surface area (Å²) in [6.07, 6.45) is 0. The fourth-order valence-corrected chi connectivity index (χ4v) is 0. The van der Waals surface area contributed by atoms with Crippen molar-refractivity contribution in [2.75, 3.05) is 0 Å². The summed E-state index contributed by atoms with van der Waals surface area (Å²) < 4.78 is 24.1. The summed E-state index contributed by atoms with van der Waals surface area (Å²) in [6.45, 7) is 0. The van der Waals surface area contributed by atoms with E-state index in [9.17, 15) is 0 Å². The number of halogens is 1. The summed E-state index contributed by atoms with van der Waals surface area (Å²) >= 11 is 0. The molecule has 0 fully saturated rings. The smallest absolute Gasteiger partial charge is 0.439 e. The summed E-state index contributed by atoms with van der Waals surface area (Å²) in [6, 6.07) is 0. The van der Waals surface area contributed by atoms with Crippen LogP contribution in [-0.2, 0) is 19.4 Å². The van der Waals surface area contributed by atoms with Crippen molar-refractivity contribution in [2.45, 2.75) is 0 Å². The molecule has 0 aliphatic heterocycles. The Morgan fingerprint density at radius 1 is 1.33 bits per heavy atom. The molecule has 0 rings (SSSR count). The second-order valence-corrected chi connectivity index (χ2v) is 0.651. The molecule has 0 aromatic rings. The second-order valence-electron chi connectivity index (χ2n) is 0.217. The van der Waals surface area contributed by atoms with Crippen molar-refractivity contribution in [3.05, 3.63) is 0 Å². The average molecular weight is 141 g/mol. The van der Waals surface area contributed by atoms with Gasteiger partial charge in [-0.2, -0.15) is 0 Å². The van der Waals surface area contributed by atoms with Crippen LogP contribution >= 0.6 is 12.4 Å². The molecule has 0 aromatic heterocycles. The molecule has 0 radical (unpaired) electrons. The van der Waals surface area contributed by atoms with Crippen LogP contribution in [0.4, 0.5) is 0 Å². The van der Waals surface area contributed by atoms with Gasteiger partial charge in [0, 0.05) is 11.0 Å². The summed E-state index contributed by atoms with van der Waals surface area (Å²) in [5, 5.41) is 0. The van der Waals surface area contributed by atoms with Crippen LogP contribution < -0.4 is 29.6 Å². The molecule has 34 valence electrons. The average Bonchev–Trinajstić information content (AvgIpc) is 0.811. The minimum atomic E-state index is -2.86. The minimum absolute atomic E-state index is 0. The first kappa shape index (κ1) is 15.7. The summed E-state index contributed by atoms with van der Waals surface area (Å²) in [5.74, 6) is 0. The monoisotopic (exact) mass is 140 g/mol. The van der Waals surface area contributed by atoms with Crippen molar-refractivity contribution in [3.8, 4) is 0 Å². The van der Waals surface area contributed by atoms with Crippen LogP contribution in [0.3, 0.4) is 0 Å². The second kappa shape index (κ2) is 9.50. The summed E-state index contributed by atoms with van der Waals surface area (Å²) in [7, 11) is -2.86. The van der Waals surface area contributed by atoms with E-state index in [1.807, 2.05) is 0 Å². The Kier molecular flexibility index (Phi) is 24.9. The maximum Gasteiger partial charge on any atom is 1.00 e. The minimum Gasteiger partial charge on any atom is -0.439 e. The standard InChI is InChI=1S/ClH.Na.HO3S/c;;1-4(2)3/h1H;;(H,1,2,3)/q;+1;-1. The Morgan fingerprint density at radius 2 is 1.33 bits per heavy atom. The zero-order valence-corrected chi connectivity index (χ0v) is 6.71. The normalized spacial score (nSPS) is 5.67. The van der Waals surface area contributed by atoms with Crippen LogP contribution in [0.1, 0.15) is 0 Å². The van der Waals surface area contributed by atoms with Crippen LogP contribution in [0.5, 0.6) is 0 Å². The molecule has 0 saturated heterocycles. The molecule has 6 heteroatoms. The first-order chi connectivity index (χ1) is 1.73. The SMILES string of the molecule is Cl.O=[S-](=O)O.[Na+]. The van der Waals surface area contributed by atoms with Gasteiger partial charge in [-0.15, -0.1) is 12.4 Å². The number of hydrogen-bond donors (Lipinski definition) is 1. The Morgan fingerprint density at radius 3 is 1.33 bits per heavy atom. The van der Waals surface area contributed by atoms with Gasteiger partial charge in [0.25, 0.3) is 0 Å². The zero-order chi connectivity index (χ0) is 3.58. The van der Waals surface area contributed by atoms with E-state index < -0.39 is 11.0 Å². The topological polar surface area (TPSA) is 54.4 Å². The molecule has 0 aliphatic carbocycles. The molecule has 3 nitrogen and oxygen atoms in total. The molecule has 1 N–H and O–H groups in total. The Hall–Kier alpha value is 1.20. The van der Waals surface area contributed by atoms with Crippen LogP contribution in [0, 0.1) is 0 Å². The van der Waals surface area contributed by atoms with Crippen molar-refractivity contribution in [1.82, 2.24) is 0 Å². The van der Waals surface area contributed by atoms with Crippen LogP contribution in [0.25, 0.3) is 0 Å². The van der Waals surface area contributed by atoms with Gasteiger partial charge in [-0.1, -0.05) is 0 Å². The molecular weight excluding hydrogens is 139 g/mol. The van der Waals surface area contributed by atoms with Gasteiger partial charge in [0.05, 0.1) is 0 Å². The molecule has 0 aliphatic rings. The van der Waals surface area contributed by atoms with Gasteiger partial charge in [-0.05, 0) is 0 Å². The van der Waals surface area contributed by atoms with E-state index in [2.05, 4.69) is 0 Å². The molecule has 0 spiro atoms. The third-order valence-electron chi connectivity index (χ3n) is 0. The Bertz CT molecular complexity index is 59.2. The van der Waals surface area contributed by atoms with Gasteiger partial charge in [-0.3, -0.25) is 0 Å². The van der Waals surface area contributed by atoms with Gasteiger partial charge < -0.3 is 13.0 Å². The Balaban J connectivity index is -0.0000000450. The first-order valence-electron chi connectivity index (χ1n) is 0.516. The molecule has 0 saturated carbocycles. The summed E-state index contributed by atoms with van der Waals surface area (Å²) in [5.41, 5.74) is 0. The van der Waals surface area contributed by atoms with Crippen molar-refractivity contribution in [1.29, 1.82) is 0 Å². The third-order valence-corrected chi connectivity index (χ3v) is 0. The fourth-order valence-electron chi connectivity index (χ4n) is 0.